The predicted molar refractivity (Wildman–Crippen MR) is 105 cm³/mol. The van der Waals surface area contributed by atoms with Gasteiger partial charge in [-0.05, 0) is 77.6 Å². The monoisotopic (exact) mass is 465 g/mol. The topological polar surface area (TPSA) is 80.7 Å². The second-order valence-electron chi connectivity index (χ2n) is 9.34. The van der Waals surface area contributed by atoms with Gasteiger partial charge >= 0.3 is 23.7 Å². The second kappa shape index (κ2) is 6.91. The lowest BCUT2D eigenvalue weighted by Gasteiger charge is -2.56. The first-order valence-electron chi connectivity index (χ1n) is 10.1. The minimum Gasteiger partial charge on any atom is -0.380 e. The molecule has 0 radical (unpaired) electrons. The van der Waals surface area contributed by atoms with Crippen molar-refractivity contribution in [2.24, 2.45) is 28.6 Å². The Kier molecular flexibility index (Phi) is 5.07. The molecule has 0 bridgehead atoms. The van der Waals surface area contributed by atoms with E-state index in [-0.39, 0.29) is 28.9 Å². The molecular weight excluding hydrogens is 440 g/mol. The normalized spacial score (nSPS) is 39.1. The molecule has 10 heteroatoms. The molecule has 4 aliphatic rings. The van der Waals surface area contributed by atoms with E-state index in [0.717, 1.165) is 24.8 Å². The lowest BCUT2D eigenvalue weighted by molar-refractivity contribution is -0.0566. The molecule has 1 fully saturated rings. The van der Waals surface area contributed by atoms with E-state index in [2.05, 4.69) is 17.2 Å². The molecule has 0 saturated heterocycles. The lowest BCUT2D eigenvalue weighted by atomic mass is 9.48. The molecule has 4 aliphatic carbocycles. The largest absolute Gasteiger partial charge is 0.541 e. The minimum atomic E-state index is -5.68. The van der Waals surface area contributed by atoms with Gasteiger partial charge in [-0.25, -0.2) is 0 Å². The summed E-state index contributed by atoms with van der Waals surface area (Å²) in [5, 5.41) is 0.559. The standard InChI is InChI=1S/C20H24F3O5PS/c1-18-9-7-13(29(24)25)11-12(18)3-4-14-15-5-6-17(19(15,2)10-8-16(14)18)28-30(26,27)20(21,22)23/h3,6,11,14-16H,4-5,7-10H2,1-2H3/p+1/t14-,15-,16-,18-,19-/m0/s1. The van der Waals surface area contributed by atoms with Gasteiger partial charge in [-0.15, -0.1) is 0 Å². The van der Waals surface area contributed by atoms with E-state index in [1.54, 1.807) is 0 Å². The molecule has 0 aromatic carbocycles. The number of halogens is 3. The van der Waals surface area contributed by atoms with Crippen molar-refractivity contribution < 1.29 is 35.2 Å². The van der Waals surface area contributed by atoms with Crippen LogP contribution in [0.3, 0.4) is 0 Å². The molecule has 0 heterocycles. The fourth-order valence-electron chi connectivity index (χ4n) is 6.28. The summed E-state index contributed by atoms with van der Waals surface area (Å²) >= 11 is 0. The molecule has 166 valence electrons. The van der Waals surface area contributed by atoms with E-state index in [9.17, 15) is 31.0 Å². The summed E-state index contributed by atoms with van der Waals surface area (Å²) in [4.78, 5) is 9.48. The van der Waals surface area contributed by atoms with Crippen LogP contribution in [0.15, 0.2) is 34.9 Å². The molecule has 30 heavy (non-hydrogen) atoms. The van der Waals surface area contributed by atoms with Crippen molar-refractivity contribution in [3.05, 3.63) is 34.9 Å². The van der Waals surface area contributed by atoms with Gasteiger partial charge in [0, 0.05) is 11.8 Å². The summed E-state index contributed by atoms with van der Waals surface area (Å²) in [7, 11) is -8.03. The fraction of sp³-hybridized carbons (Fsp3) is 0.700. The van der Waals surface area contributed by atoms with E-state index in [1.165, 1.54) is 6.08 Å². The van der Waals surface area contributed by atoms with Gasteiger partial charge in [0.15, 0.2) is 0 Å². The second-order valence-corrected chi connectivity index (χ2v) is 12.0. The fourth-order valence-corrected chi connectivity index (χ4v) is 7.43. The highest BCUT2D eigenvalue weighted by Gasteiger charge is 2.59. The zero-order valence-electron chi connectivity index (χ0n) is 16.8. The predicted octanol–water partition coefficient (Wildman–Crippen LogP) is 5.54. The Morgan fingerprint density at radius 2 is 1.83 bits per heavy atom. The van der Waals surface area contributed by atoms with Crippen LogP contribution in [0.2, 0.25) is 0 Å². The summed E-state index contributed by atoms with van der Waals surface area (Å²) in [6.07, 6.45) is 9.28. The van der Waals surface area contributed by atoms with Gasteiger partial charge in [-0.2, -0.15) is 26.5 Å². The molecule has 6 atom stereocenters. The van der Waals surface area contributed by atoms with E-state index in [0.29, 0.717) is 24.6 Å². The molecular formula is C20H25F3O5PS+. The first kappa shape index (κ1) is 22.0. The number of hydrogen-bond acceptors (Lipinski definition) is 4. The van der Waals surface area contributed by atoms with E-state index < -0.39 is 29.1 Å². The van der Waals surface area contributed by atoms with E-state index in [1.807, 2.05) is 13.0 Å². The third kappa shape index (κ3) is 3.19. The average molecular weight is 465 g/mol. The van der Waals surface area contributed by atoms with Crippen LogP contribution < -0.4 is 0 Å². The first-order chi connectivity index (χ1) is 13.8. The van der Waals surface area contributed by atoms with Crippen molar-refractivity contribution in [1.82, 2.24) is 0 Å². The van der Waals surface area contributed by atoms with Gasteiger partial charge in [-0.3, -0.25) is 0 Å². The van der Waals surface area contributed by atoms with Gasteiger partial charge < -0.3 is 4.18 Å². The van der Waals surface area contributed by atoms with Crippen molar-refractivity contribution in [2.45, 2.75) is 57.9 Å². The molecule has 0 aliphatic heterocycles. The van der Waals surface area contributed by atoms with Crippen LogP contribution in [0.1, 0.15) is 52.4 Å². The minimum absolute atomic E-state index is 0.00385. The van der Waals surface area contributed by atoms with Crippen LogP contribution >= 0.6 is 8.03 Å². The number of allylic oxidation sites excluding steroid dienone is 6. The molecule has 0 amide bonds. The zero-order valence-corrected chi connectivity index (χ0v) is 18.5. The highest BCUT2D eigenvalue weighted by Crippen LogP contribution is 2.65. The quantitative estimate of drug-likeness (QED) is 0.336. The number of alkyl halides is 3. The Labute approximate surface area is 175 Å². The van der Waals surface area contributed by atoms with Gasteiger partial charge in [0.25, 0.3) is 0 Å². The maximum Gasteiger partial charge on any atom is 0.541 e. The van der Waals surface area contributed by atoms with E-state index in [4.69, 9.17) is 0 Å². The summed E-state index contributed by atoms with van der Waals surface area (Å²) in [5.74, 6) is 0.411. The van der Waals surface area contributed by atoms with Gasteiger partial charge in [0.05, 0.1) is 0 Å². The first-order valence-corrected chi connectivity index (χ1v) is 12.7. The molecule has 1 N–H and O–H groups in total. The Hall–Kier alpha value is -1.18. The van der Waals surface area contributed by atoms with Crippen molar-refractivity contribution >= 4 is 18.1 Å². The Morgan fingerprint density at radius 1 is 1.13 bits per heavy atom. The highest BCUT2D eigenvalue weighted by molar-refractivity contribution is 7.87. The maximum atomic E-state index is 12.8. The molecule has 1 saturated carbocycles. The van der Waals surface area contributed by atoms with Crippen LogP contribution in [0.25, 0.3) is 0 Å². The molecule has 0 aromatic rings. The van der Waals surface area contributed by atoms with Crippen LogP contribution in [-0.2, 0) is 18.9 Å². The van der Waals surface area contributed by atoms with Gasteiger partial charge in [-0.1, -0.05) is 19.9 Å². The Balaban J connectivity index is 1.62. The van der Waals surface area contributed by atoms with Crippen LogP contribution in [-0.4, -0.2) is 18.8 Å². The SMILES string of the molecule is C[C@]12CCC([P+](=O)O)=CC1=CC[C@@H]1[C@@H]2CC[C@]2(C)C(OS(=O)(=O)C(F)(F)F)=CC[C@@H]12. The van der Waals surface area contributed by atoms with Crippen molar-refractivity contribution in [2.75, 3.05) is 0 Å². The van der Waals surface area contributed by atoms with Gasteiger partial charge in [0.2, 0.25) is 5.31 Å². The molecule has 1 unspecified atom stereocenters. The molecule has 0 spiro atoms. The Morgan fingerprint density at radius 3 is 2.47 bits per heavy atom. The summed E-state index contributed by atoms with van der Waals surface area (Å²) in [6.45, 7) is 3.99. The summed E-state index contributed by atoms with van der Waals surface area (Å²) in [5.41, 5.74) is -5.27. The van der Waals surface area contributed by atoms with Crippen LogP contribution in [0, 0.1) is 28.6 Å². The zero-order chi connectivity index (χ0) is 22.1. The molecule has 0 aromatic heterocycles. The molecule has 4 rings (SSSR count). The third-order valence-electron chi connectivity index (χ3n) is 7.99. The highest BCUT2D eigenvalue weighted by atomic mass is 32.2. The van der Waals surface area contributed by atoms with Crippen LogP contribution in [0.4, 0.5) is 13.2 Å². The van der Waals surface area contributed by atoms with Crippen molar-refractivity contribution in [1.29, 1.82) is 0 Å². The summed E-state index contributed by atoms with van der Waals surface area (Å²) < 4.78 is 77.8. The average Bonchev–Trinajstić information content (AvgIpc) is 2.96. The van der Waals surface area contributed by atoms with Crippen molar-refractivity contribution in [3.63, 3.8) is 0 Å². The summed E-state index contributed by atoms with van der Waals surface area (Å²) in [6, 6.07) is 0. The molecule has 5 nitrogen and oxygen atoms in total. The number of fused-ring (bicyclic) bond motifs is 5. The van der Waals surface area contributed by atoms with Crippen molar-refractivity contribution in [3.8, 4) is 0 Å². The Bertz CT molecular complexity index is 983. The van der Waals surface area contributed by atoms with E-state index >= 15 is 0 Å². The third-order valence-corrected chi connectivity index (χ3v) is 9.80. The van der Waals surface area contributed by atoms with Gasteiger partial charge in [0.1, 0.15) is 5.76 Å². The number of rotatable bonds is 3. The smallest absolute Gasteiger partial charge is 0.380 e. The lowest BCUT2D eigenvalue weighted by Crippen LogP contribution is -2.49. The maximum absolute atomic E-state index is 12.8. The van der Waals surface area contributed by atoms with Crippen LogP contribution in [0.5, 0.6) is 0 Å². The number of hydrogen-bond donors (Lipinski definition) is 1.